The van der Waals surface area contributed by atoms with Crippen LogP contribution < -0.4 is 14.5 Å². The molecule has 0 unspecified atom stereocenters. The number of methoxy groups -OCH3 is 2. The van der Waals surface area contributed by atoms with Crippen molar-refractivity contribution in [2.24, 2.45) is 28.2 Å². The number of nitrogens with one attached hydrogen (secondary N) is 4. The lowest BCUT2D eigenvalue weighted by Crippen LogP contribution is -2.07. The van der Waals surface area contributed by atoms with Crippen LogP contribution in [0.3, 0.4) is 0 Å². The minimum atomic E-state index is -0.963. The summed E-state index contributed by atoms with van der Waals surface area (Å²) in [5.41, 5.74) is 3.79. The van der Waals surface area contributed by atoms with Gasteiger partial charge in [-0.05, 0) is 37.4 Å². The van der Waals surface area contributed by atoms with Gasteiger partial charge in [-0.1, -0.05) is 68.5 Å². The quantitative estimate of drug-likeness (QED) is 0.0290. The molecule has 5 aromatic heterocycles. The third kappa shape index (κ3) is 33.6. The first-order valence-electron chi connectivity index (χ1n) is 18.7. The average molecular weight is 976 g/mol. The van der Waals surface area contributed by atoms with Crippen LogP contribution >= 0.6 is 38.4 Å². The Morgan fingerprint density at radius 3 is 1.33 bits per heavy atom. The maximum Gasteiger partial charge on any atom is 0.350 e. The number of aliphatic carboxylic acids is 1. The molecular formula is C40H57N13O10S3. The summed E-state index contributed by atoms with van der Waals surface area (Å²) in [6.07, 6.45) is 31.9. The van der Waals surface area contributed by atoms with Crippen molar-refractivity contribution >= 4 is 98.7 Å². The van der Waals surface area contributed by atoms with E-state index in [0.717, 1.165) is 23.2 Å². The molecule has 5 rings (SSSR count). The Kier molecular flexibility index (Phi) is 36.7. The molecule has 0 aliphatic heterocycles. The van der Waals surface area contributed by atoms with Crippen LogP contribution in [0.25, 0.3) is 30.4 Å². The van der Waals surface area contributed by atoms with Crippen LogP contribution in [0.1, 0.15) is 48.7 Å². The van der Waals surface area contributed by atoms with Crippen molar-refractivity contribution in [3.05, 3.63) is 121 Å². The number of aromatic amines is 1. The second-order valence-corrected chi connectivity index (χ2v) is 12.6. The van der Waals surface area contributed by atoms with Gasteiger partial charge in [0.25, 0.3) is 0 Å². The Bertz CT molecular complexity index is 2240. The number of hydrogen-bond acceptors (Lipinski definition) is 20. The Hall–Kier alpha value is -6.97. The number of carbonyl (C=O) groups is 5. The van der Waals surface area contributed by atoms with Crippen LogP contribution in [0.4, 0.5) is 0 Å². The molecule has 0 amide bonds. The van der Waals surface area contributed by atoms with Crippen molar-refractivity contribution in [3.8, 4) is 0 Å². The number of hydrogen-bond donors (Lipinski definition) is 8. The number of thiol groups is 3. The van der Waals surface area contributed by atoms with Crippen molar-refractivity contribution < 1.29 is 48.2 Å². The summed E-state index contributed by atoms with van der Waals surface area (Å²) >= 11 is 10.5. The average Bonchev–Trinajstić information content (AvgIpc) is 4.16. The lowest BCUT2D eigenvalue weighted by molar-refractivity contribution is -0.141. The molecule has 0 aliphatic carbocycles. The van der Waals surface area contributed by atoms with Crippen molar-refractivity contribution in [1.82, 2.24) is 62.7 Å². The van der Waals surface area contributed by atoms with E-state index in [1.807, 2.05) is 38.0 Å². The smallest absolute Gasteiger partial charge is 0.350 e. The number of rotatable bonds is 12. The minimum absolute atomic E-state index is 0.365. The summed E-state index contributed by atoms with van der Waals surface area (Å²) in [6, 6.07) is 0. The predicted octanol–water partition coefficient (Wildman–Crippen LogP) is 3.84. The topological polar surface area (TPSA) is 279 Å². The second-order valence-electron chi connectivity index (χ2n) is 11.8. The molecule has 5 N–H and O–H groups in total. The highest BCUT2D eigenvalue weighted by Gasteiger charge is 1.98. The number of carboxylic acid groups (broad SMARTS) is 1. The molecule has 66 heavy (non-hydrogen) atoms. The summed E-state index contributed by atoms with van der Waals surface area (Å²) in [7, 11) is 11.8. The van der Waals surface area contributed by atoms with Crippen molar-refractivity contribution in [2.45, 2.75) is 20.3 Å². The number of nitrogens with zero attached hydrogens (tertiary/aromatic N) is 9. The molecule has 23 nitrogen and oxygen atoms in total. The summed E-state index contributed by atoms with van der Waals surface area (Å²) in [5.74, 6) is -2.75. The van der Waals surface area contributed by atoms with E-state index in [2.05, 4.69) is 106 Å². The van der Waals surface area contributed by atoms with E-state index < -0.39 is 17.9 Å². The number of carbonyl (C=O) groups excluding carboxylic acids is 4. The second kappa shape index (κ2) is 39.6. The van der Waals surface area contributed by atoms with Crippen LogP contribution in [0.2, 0.25) is 0 Å². The monoisotopic (exact) mass is 975 g/mol. The van der Waals surface area contributed by atoms with Crippen LogP contribution in [-0.2, 0) is 71.3 Å². The molecule has 26 heteroatoms. The molecule has 0 aromatic carbocycles. The van der Waals surface area contributed by atoms with Crippen molar-refractivity contribution in [1.29, 1.82) is 0 Å². The normalized spacial score (nSPS) is 10.1. The highest BCUT2D eigenvalue weighted by molar-refractivity contribution is 7.78. The fourth-order valence-electron chi connectivity index (χ4n) is 3.52. The highest BCUT2D eigenvalue weighted by Crippen LogP contribution is 2.01. The zero-order valence-electron chi connectivity index (χ0n) is 37.7. The maximum atomic E-state index is 10.8. The molecule has 5 heterocycles. The number of aromatic nitrogens is 10. The zero-order valence-corrected chi connectivity index (χ0v) is 40.4. The fraction of sp³-hybridized carbons (Fsp3) is 0.250. The number of esters is 2. The van der Waals surface area contributed by atoms with Gasteiger partial charge in [0, 0.05) is 71.0 Å². The van der Waals surface area contributed by atoms with Crippen molar-refractivity contribution in [2.75, 3.05) is 21.3 Å². The predicted molar refractivity (Wildman–Crippen MR) is 259 cm³/mol. The molecule has 0 saturated heterocycles. The van der Waals surface area contributed by atoms with Crippen molar-refractivity contribution in [3.63, 3.8) is 0 Å². The molecule has 0 fully saturated rings. The molecule has 0 saturated carbocycles. The minimum Gasteiger partial charge on any atom is -0.478 e. The van der Waals surface area contributed by atoms with Crippen LogP contribution in [0, 0.1) is 0 Å². The van der Waals surface area contributed by atoms with E-state index in [-0.39, 0.29) is 11.9 Å². The highest BCUT2D eigenvalue weighted by atomic mass is 32.1. The van der Waals surface area contributed by atoms with Crippen LogP contribution in [-0.4, -0.2) is 104 Å². The maximum absolute atomic E-state index is 10.8. The van der Waals surface area contributed by atoms with E-state index >= 15 is 0 Å². The molecular weight excluding hydrogens is 919 g/mol. The lowest BCUT2D eigenvalue weighted by atomic mass is 10.4. The summed E-state index contributed by atoms with van der Waals surface area (Å²) in [4.78, 5) is 87.7. The van der Waals surface area contributed by atoms with E-state index in [9.17, 15) is 24.0 Å². The molecule has 360 valence electrons. The van der Waals surface area contributed by atoms with Gasteiger partial charge in [0.05, 0.1) is 92.9 Å². The van der Waals surface area contributed by atoms with Gasteiger partial charge in [-0.3, -0.25) is 4.72 Å². The fourth-order valence-corrected chi connectivity index (χ4v) is 3.70. The van der Waals surface area contributed by atoms with Gasteiger partial charge in [-0.15, -0.1) is 0 Å². The Labute approximate surface area is 399 Å². The summed E-state index contributed by atoms with van der Waals surface area (Å²) in [5, 5.41) is 8.19. The summed E-state index contributed by atoms with van der Waals surface area (Å²) in [6.45, 7) is 4.25. The number of H-pyrrole nitrogens is 1. The van der Waals surface area contributed by atoms with E-state index in [1.54, 1.807) is 106 Å². The Morgan fingerprint density at radius 2 is 1.03 bits per heavy atom. The van der Waals surface area contributed by atoms with Gasteiger partial charge >= 0.3 is 29.8 Å². The van der Waals surface area contributed by atoms with E-state index in [1.165, 1.54) is 57.3 Å². The number of ether oxygens (including phenoxy) is 2. The molecule has 0 spiro atoms. The molecule has 0 bridgehead atoms. The molecule has 0 aliphatic rings. The lowest BCUT2D eigenvalue weighted by Gasteiger charge is -1.95. The first-order valence-corrected chi connectivity index (χ1v) is 20.0. The van der Waals surface area contributed by atoms with Gasteiger partial charge in [0.1, 0.15) is 0 Å². The van der Waals surface area contributed by atoms with Gasteiger partial charge in [0.2, 0.25) is 0 Å². The van der Waals surface area contributed by atoms with E-state index in [0.29, 0.717) is 11.4 Å². The van der Waals surface area contributed by atoms with Gasteiger partial charge < -0.3 is 47.5 Å². The molecule has 0 atom stereocenters. The molecule has 5 aromatic rings. The Balaban J connectivity index is 0. The van der Waals surface area contributed by atoms with Gasteiger partial charge in [0.15, 0.2) is 0 Å². The van der Waals surface area contributed by atoms with Gasteiger partial charge in [-0.25, -0.2) is 48.9 Å². The zero-order chi connectivity index (χ0) is 50.1. The van der Waals surface area contributed by atoms with Crippen LogP contribution in [0.5, 0.6) is 0 Å². The first-order chi connectivity index (χ1) is 31.5. The Morgan fingerprint density at radius 1 is 0.636 bits per heavy atom. The third-order valence-electron chi connectivity index (χ3n) is 6.34. The SMILES string of the molecule is CCC.CNS.COC(=O)/C=C/c1cn(C)cn1.COC(=O)/C=C/c1cncn1C.Cn1cnc(/C=C/C(=O)ONS)c1.Cn1cncc1/C=C/C(=O)ONS.O=C(O)/C=C/c1cnc[nH]1. The first kappa shape index (κ1) is 61.1. The standard InChI is InChI=1S/2C8H10N2O2.2C7H9N3O2S.C6H6N2O2.C3H8.CH5NS/c1-10-5-7(9-6-10)3-4-8(11)12-2;1-10-6-9-5-7(10)3-4-8(11)12-2;1-10-4-6(8-5-10)2-3-7(11)12-9-13;1-10-5-8-4-6(10)2-3-7(11)12-9-13;9-6(10)2-1-5-3-7-4-8-5;1-3-2;1-2-3/h2*3-6H,1-2H3;2*2-5,9,13H,1H3;1-4H,(H,7,8)(H,9,10);3H2,1-2H3;2-3H,1H3/b2*4-3+;2*3-2+;2-1+;;. The number of imidazole rings is 5. The number of carboxylic acids is 1. The van der Waals surface area contributed by atoms with Crippen LogP contribution in [0.15, 0.2) is 93.0 Å². The van der Waals surface area contributed by atoms with Gasteiger partial charge in [-0.2, -0.15) is 0 Å². The summed E-state index contributed by atoms with van der Waals surface area (Å²) < 4.78 is 18.5. The molecule has 0 radical (unpaired) electrons. The van der Waals surface area contributed by atoms with E-state index in [4.69, 9.17) is 5.11 Å². The number of aryl methyl sites for hydroxylation is 4. The third-order valence-corrected chi connectivity index (χ3v) is 6.52. The largest absolute Gasteiger partial charge is 0.478 e.